The Balaban J connectivity index is 3.31. The Bertz CT molecular complexity index is 545. The molecule has 1 aromatic carbocycles. The number of nitro benzene ring substituents is 1. The Morgan fingerprint density at radius 1 is 1.50 bits per heavy atom. The lowest BCUT2D eigenvalue weighted by molar-refractivity contribution is -0.385. The van der Waals surface area contributed by atoms with Gasteiger partial charge in [0.05, 0.1) is 31.3 Å². The molecule has 0 bridgehead atoms. The topological polar surface area (TPSA) is 110 Å². The molecule has 108 valence electrons. The van der Waals surface area contributed by atoms with Crippen LogP contribution in [0.5, 0.6) is 11.5 Å². The molecule has 0 fully saturated rings. The Morgan fingerprint density at radius 2 is 2.20 bits per heavy atom. The van der Waals surface area contributed by atoms with Crippen LogP contribution in [0.25, 0.3) is 10.4 Å². The first-order valence-electron chi connectivity index (χ1n) is 5.56. The van der Waals surface area contributed by atoms with Crippen LogP contribution in [0, 0.1) is 10.1 Å². The van der Waals surface area contributed by atoms with E-state index in [-0.39, 0.29) is 17.5 Å². The SMILES string of the molecule is COc1cc(CC(CI)N=[N+]=[N-])c(OC)c([N+](=O)[O-])c1. The molecule has 0 N–H and O–H groups in total. The zero-order valence-corrected chi connectivity index (χ0v) is 13.1. The van der Waals surface area contributed by atoms with Gasteiger partial charge in [-0.3, -0.25) is 10.1 Å². The number of hydrogen-bond donors (Lipinski definition) is 0. The molecule has 0 heterocycles. The van der Waals surface area contributed by atoms with Crippen LogP contribution in [0.2, 0.25) is 0 Å². The van der Waals surface area contributed by atoms with Crippen LogP contribution in [0.3, 0.4) is 0 Å². The fraction of sp³-hybridized carbons (Fsp3) is 0.455. The first kappa shape index (κ1) is 16.3. The van der Waals surface area contributed by atoms with Gasteiger partial charge in [-0.1, -0.05) is 27.7 Å². The molecule has 0 aliphatic heterocycles. The van der Waals surface area contributed by atoms with Crippen LogP contribution in [0.4, 0.5) is 5.69 Å². The van der Waals surface area contributed by atoms with E-state index in [4.69, 9.17) is 15.0 Å². The fourth-order valence-electron chi connectivity index (χ4n) is 1.74. The van der Waals surface area contributed by atoms with Crippen LogP contribution >= 0.6 is 22.6 Å². The van der Waals surface area contributed by atoms with Gasteiger partial charge < -0.3 is 9.47 Å². The van der Waals surface area contributed by atoms with E-state index in [0.29, 0.717) is 22.2 Å². The second-order valence-electron chi connectivity index (χ2n) is 3.81. The second-order valence-corrected chi connectivity index (χ2v) is 4.69. The number of halogens is 1. The molecule has 0 aromatic heterocycles. The largest absolute Gasteiger partial charge is 0.496 e. The maximum absolute atomic E-state index is 11.1. The molecule has 20 heavy (non-hydrogen) atoms. The van der Waals surface area contributed by atoms with Gasteiger partial charge in [0, 0.05) is 14.9 Å². The molecule has 0 saturated carbocycles. The number of ether oxygens (including phenoxy) is 2. The summed E-state index contributed by atoms with van der Waals surface area (Å²) < 4.78 is 10.8. The molecule has 0 radical (unpaired) electrons. The van der Waals surface area contributed by atoms with Crippen LogP contribution in [0.1, 0.15) is 5.56 Å². The first-order chi connectivity index (χ1) is 9.57. The maximum Gasteiger partial charge on any atom is 0.314 e. The van der Waals surface area contributed by atoms with Crippen molar-refractivity contribution in [1.82, 2.24) is 0 Å². The molecule has 0 spiro atoms. The third-order valence-electron chi connectivity index (χ3n) is 2.60. The van der Waals surface area contributed by atoms with E-state index in [1.165, 1.54) is 20.3 Å². The summed E-state index contributed by atoms with van der Waals surface area (Å²) >= 11 is 2.09. The predicted octanol–water partition coefficient (Wildman–Crippen LogP) is 3.27. The normalized spacial score (nSPS) is 11.3. The number of nitro groups is 1. The highest BCUT2D eigenvalue weighted by Gasteiger charge is 2.22. The summed E-state index contributed by atoms with van der Waals surface area (Å²) in [5.74, 6) is 0.527. The molecule has 0 aliphatic rings. The number of rotatable bonds is 7. The average molecular weight is 392 g/mol. The second kappa shape index (κ2) is 7.75. The van der Waals surface area contributed by atoms with E-state index < -0.39 is 4.92 Å². The standard InChI is InChI=1S/C11H13IN4O4/c1-19-9-4-7(3-8(6-12)14-15-13)11(20-2)10(5-9)16(17)18/h4-5,8H,3,6H2,1-2H3. The molecule has 8 nitrogen and oxygen atoms in total. The highest BCUT2D eigenvalue weighted by Crippen LogP contribution is 2.36. The quantitative estimate of drug-likeness (QED) is 0.135. The van der Waals surface area contributed by atoms with E-state index in [9.17, 15) is 10.1 Å². The van der Waals surface area contributed by atoms with E-state index in [0.717, 1.165) is 0 Å². The molecule has 0 amide bonds. The minimum atomic E-state index is -0.530. The Labute approximate surface area is 129 Å². The summed E-state index contributed by atoms with van der Waals surface area (Å²) in [6.45, 7) is 0. The van der Waals surface area contributed by atoms with E-state index >= 15 is 0 Å². The summed E-state index contributed by atoms with van der Waals surface area (Å²) in [5.41, 5.74) is 8.91. The van der Waals surface area contributed by atoms with Crippen LogP contribution in [-0.2, 0) is 6.42 Å². The fourth-order valence-corrected chi connectivity index (χ4v) is 2.23. The van der Waals surface area contributed by atoms with Gasteiger partial charge in [0.25, 0.3) is 0 Å². The highest BCUT2D eigenvalue weighted by atomic mass is 127. The average Bonchev–Trinajstić information content (AvgIpc) is 2.45. The Hall–Kier alpha value is -1.74. The van der Waals surface area contributed by atoms with Crippen molar-refractivity contribution in [2.75, 3.05) is 18.6 Å². The van der Waals surface area contributed by atoms with Crippen LogP contribution in [0.15, 0.2) is 17.2 Å². The monoisotopic (exact) mass is 392 g/mol. The third-order valence-corrected chi connectivity index (χ3v) is 3.62. The lowest BCUT2D eigenvalue weighted by atomic mass is 10.0. The molecule has 1 rings (SSSR count). The van der Waals surface area contributed by atoms with Crippen molar-refractivity contribution in [3.05, 3.63) is 38.3 Å². The lowest BCUT2D eigenvalue weighted by Gasteiger charge is -2.13. The minimum absolute atomic E-state index is 0.166. The molecule has 1 unspecified atom stereocenters. The molecular weight excluding hydrogens is 379 g/mol. The van der Waals surface area contributed by atoms with Crippen molar-refractivity contribution in [2.24, 2.45) is 5.11 Å². The minimum Gasteiger partial charge on any atom is -0.496 e. The summed E-state index contributed by atoms with van der Waals surface area (Å²) in [4.78, 5) is 13.3. The van der Waals surface area contributed by atoms with Gasteiger partial charge in [-0.05, 0) is 18.0 Å². The number of azide groups is 1. The van der Waals surface area contributed by atoms with Crippen molar-refractivity contribution >= 4 is 28.3 Å². The number of nitrogens with zero attached hydrogens (tertiary/aromatic N) is 4. The number of hydrogen-bond acceptors (Lipinski definition) is 5. The van der Waals surface area contributed by atoms with Crippen molar-refractivity contribution in [3.63, 3.8) is 0 Å². The van der Waals surface area contributed by atoms with Gasteiger partial charge in [-0.15, -0.1) is 0 Å². The molecule has 9 heteroatoms. The lowest BCUT2D eigenvalue weighted by Crippen LogP contribution is -2.11. The van der Waals surface area contributed by atoms with Crippen molar-refractivity contribution in [3.8, 4) is 11.5 Å². The first-order valence-corrected chi connectivity index (χ1v) is 7.09. The van der Waals surface area contributed by atoms with Gasteiger partial charge in [0.1, 0.15) is 5.75 Å². The zero-order valence-electron chi connectivity index (χ0n) is 10.9. The maximum atomic E-state index is 11.1. The van der Waals surface area contributed by atoms with Crippen molar-refractivity contribution in [2.45, 2.75) is 12.5 Å². The Morgan fingerprint density at radius 3 is 2.65 bits per heavy atom. The van der Waals surface area contributed by atoms with Crippen molar-refractivity contribution < 1.29 is 14.4 Å². The predicted molar refractivity (Wildman–Crippen MR) is 81.7 cm³/mol. The summed E-state index contributed by atoms with van der Waals surface area (Å²) in [6.07, 6.45) is 0.341. The highest BCUT2D eigenvalue weighted by molar-refractivity contribution is 14.1. The summed E-state index contributed by atoms with van der Waals surface area (Å²) in [7, 11) is 2.80. The van der Waals surface area contributed by atoms with Crippen molar-refractivity contribution in [1.29, 1.82) is 0 Å². The van der Waals surface area contributed by atoms with Gasteiger partial charge in [-0.25, -0.2) is 0 Å². The number of benzene rings is 1. The van der Waals surface area contributed by atoms with E-state index in [2.05, 4.69) is 32.6 Å². The Kier molecular flexibility index (Phi) is 6.32. The van der Waals surface area contributed by atoms with E-state index in [1.807, 2.05) is 0 Å². The van der Waals surface area contributed by atoms with Gasteiger partial charge in [-0.2, -0.15) is 0 Å². The third kappa shape index (κ3) is 3.87. The molecule has 1 atom stereocenters. The smallest absolute Gasteiger partial charge is 0.314 e. The molecule has 0 saturated heterocycles. The summed E-state index contributed by atoms with van der Waals surface area (Å²) in [6, 6.07) is 2.65. The van der Waals surface area contributed by atoms with Crippen LogP contribution < -0.4 is 9.47 Å². The molecular formula is C11H13IN4O4. The number of alkyl halides is 1. The van der Waals surface area contributed by atoms with E-state index in [1.54, 1.807) is 6.07 Å². The van der Waals surface area contributed by atoms with Gasteiger partial charge in [0.2, 0.25) is 0 Å². The van der Waals surface area contributed by atoms with Crippen LogP contribution in [-0.4, -0.2) is 29.6 Å². The molecule has 1 aromatic rings. The zero-order chi connectivity index (χ0) is 15.1. The molecule has 0 aliphatic carbocycles. The number of methoxy groups -OCH3 is 2. The van der Waals surface area contributed by atoms with Gasteiger partial charge >= 0.3 is 5.69 Å². The van der Waals surface area contributed by atoms with Gasteiger partial charge in [0.15, 0.2) is 5.75 Å². The summed E-state index contributed by atoms with van der Waals surface area (Å²) in [5, 5.41) is 14.7.